The number of hydrogen-bond acceptors (Lipinski definition) is 1. The van der Waals surface area contributed by atoms with Crippen LogP contribution in [0, 0.1) is 20.8 Å². The Morgan fingerprint density at radius 1 is 0.875 bits per heavy atom. The number of allylic oxidation sites excluding steroid dienone is 4. The highest BCUT2D eigenvalue weighted by Crippen LogP contribution is 2.23. The fourth-order valence-corrected chi connectivity index (χ4v) is 2.82. The molecule has 2 nitrogen and oxygen atoms in total. The molecule has 0 atom stereocenters. The van der Waals surface area contributed by atoms with E-state index in [0.717, 1.165) is 27.5 Å². The second kappa shape index (κ2) is 7.22. The van der Waals surface area contributed by atoms with Crippen LogP contribution in [0.5, 0.6) is 0 Å². The summed E-state index contributed by atoms with van der Waals surface area (Å²) in [6.07, 6.45) is 13.5. The molecule has 0 aliphatic rings. The van der Waals surface area contributed by atoms with E-state index in [2.05, 4.69) is 57.4 Å². The summed E-state index contributed by atoms with van der Waals surface area (Å²) in [7, 11) is 2.07. The average Bonchev–Trinajstić information content (AvgIpc) is 2.93. The van der Waals surface area contributed by atoms with Crippen LogP contribution < -0.4 is 10.6 Å². The molecule has 0 saturated heterocycles. The highest BCUT2D eigenvalue weighted by Gasteiger charge is 2.12. The van der Waals surface area contributed by atoms with Gasteiger partial charge in [0.1, 0.15) is 11.2 Å². The normalized spacial score (nSPS) is 12.6. The topological polar surface area (TPSA) is 18.1 Å². The molecule has 0 unspecified atom stereocenters. The predicted octanol–water partition coefficient (Wildman–Crippen LogP) is 4.18. The third kappa shape index (κ3) is 3.13. The van der Waals surface area contributed by atoms with Crippen molar-refractivity contribution in [3.8, 4) is 0 Å². The SMILES string of the molecule is C=C/C=C\c1c(/C=c2/oc(C)c(/C=C\C=C)c2=C)c(C)n(C)c1C. The van der Waals surface area contributed by atoms with Crippen molar-refractivity contribution in [3.05, 3.63) is 81.9 Å². The van der Waals surface area contributed by atoms with E-state index in [4.69, 9.17) is 4.42 Å². The summed E-state index contributed by atoms with van der Waals surface area (Å²) in [5.74, 6) is 0.859. The molecule has 0 N–H and O–H groups in total. The van der Waals surface area contributed by atoms with E-state index in [9.17, 15) is 0 Å². The fourth-order valence-electron chi connectivity index (χ4n) is 2.82. The molecule has 2 heterocycles. The molecule has 0 saturated carbocycles. The molecule has 24 heavy (non-hydrogen) atoms. The zero-order valence-corrected chi connectivity index (χ0v) is 15.0. The van der Waals surface area contributed by atoms with Gasteiger partial charge in [0.05, 0.1) is 0 Å². The monoisotopic (exact) mass is 319 g/mol. The van der Waals surface area contributed by atoms with E-state index in [-0.39, 0.29) is 0 Å². The van der Waals surface area contributed by atoms with Gasteiger partial charge in [0.2, 0.25) is 0 Å². The van der Waals surface area contributed by atoms with Crippen LogP contribution >= 0.6 is 0 Å². The molecule has 0 radical (unpaired) electrons. The first-order valence-corrected chi connectivity index (χ1v) is 7.96. The van der Waals surface area contributed by atoms with Crippen LogP contribution in [-0.2, 0) is 7.05 Å². The number of furan rings is 1. The summed E-state index contributed by atoms with van der Waals surface area (Å²) in [5.41, 5.74) is 6.51. The maximum atomic E-state index is 5.95. The Balaban J connectivity index is 2.73. The molecule has 0 bridgehead atoms. The van der Waals surface area contributed by atoms with Gasteiger partial charge in [-0.05, 0) is 26.8 Å². The van der Waals surface area contributed by atoms with Gasteiger partial charge in [0.15, 0.2) is 0 Å². The molecule has 0 aliphatic heterocycles. The van der Waals surface area contributed by atoms with E-state index in [1.54, 1.807) is 12.2 Å². The summed E-state index contributed by atoms with van der Waals surface area (Å²) in [6.45, 7) is 17.8. The zero-order valence-electron chi connectivity index (χ0n) is 15.0. The minimum Gasteiger partial charge on any atom is -0.461 e. The molecule has 2 rings (SSSR count). The lowest BCUT2D eigenvalue weighted by Crippen LogP contribution is -2.20. The van der Waals surface area contributed by atoms with Gasteiger partial charge in [-0.3, -0.25) is 0 Å². The maximum absolute atomic E-state index is 5.95. The molecule has 2 aromatic heterocycles. The fraction of sp³-hybridized carbons (Fsp3) is 0.182. The lowest BCUT2D eigenvalue weighted by atomic mass is 10.1. The van der Waals surface area contributed by atoms with Gasteiger partial charge in [-0.25, -0.2) is 0 Å². The van der Waals surface area contributed by atoms with Crippen LogP contribution in [0.25, 0.3) is 24.8 Å². The minimum atomic E-state index is 0.790. The summed E-state index contributed by atoms with van der Waals surface area (Å²) < 4.78 is 8.14. The Morgan fingerprint density at radius 3 is 2.00 bits per heavy atom. The predicted molar refractivity (Wildman–Crippen MR) is 105 cm³/mol. The lowest BCUT2D eigenvalue weighted by molar-refractivity contribution is 0.501. The summed E-state index contributed by atoms with van der Waals surface area (Å²) in [4.78, 5) is 0. The van der Waals surface area contributed by atoms with Crippen LogP contribution in [0.2, 0.25) is 0 Å². The van der Waals surface area contributed by atoms with Crippen molar-refractivity contribution >= 4 is 24.8 Å². The van der Waals surface area contributed by atoms with Gasteiger partial charge >= 0.3 is 0 Å². The number of hydrogen-bond donors (Lipinski definition) is 0. The van der Waals surface area contributed by atoms with Crippen molar-refractivity contribution in [3.63, 3.8) is 0 Å². The molecule has 0 amide bonds. The summed E-state index contributed by atoms with van der Waals surface area (Å²) in [5, 5.41) is 0.894. The molecule has 0 aliphatic carbocycles. The van der Waals surface area contributed by atoms with Gasteiger partial charge in [0, 0.05) is 40.3 Å². The molecule has 124 valence electrons. The van der Waals surface area contributed by atoms with E-state index in [1.807, 2.05) is 25.2 Å². The van der Waals surface area contributed by atoms with Gasteiger partial charge < -0.3 is 8.98 Å². The van der Waals surface area contributed by atoms with Crippen LogP contribution in [0.3, 0.4) is 0 Å². The smallest absolute Gasteiger partial charge is 0.134 e. The molecular formula is C22H25NO. The van der Waals surface area contributed by atoms with E-state index >= 15 is 0 Å². The molecule has 2 heteroatoms. The first kappa shape index (κ1) is 17.6. The van der Waals surface area contributed by atoms with Crippen LogP contribution in [0.1, 0.15) is 33.8 Å². The summed E-state index contributed by atoms with van der Waals surface area (Å²) in [6, 6.07) is 0. The largest absolute Gasteiger partial charge is 0.461 e. The standard InChI is InChI=1S/C22H25NO/c1-8-10-12-19-15(3)22(24-18(19)6)14-21-17(5)23(7)16(4)20(21)13-11-9-2/h8-14H,1-3H2,4-7H3/b12-10-,13-11-,22-14+. The number of aromatic nitrogens is 1. The minimum absolute atomic E-state index is 0.790. The number of aryl methyl sites for hydroxylation is 1. The van der Waals surface area contributed by atoms with Crippen molar-refractivity contribution in [1.29, 1.82) is 0 Å². The van der Waals surface area contributed by atoms with E-state index in [1.165, 1.54) is 17.0 Å². The van der Waals surface area contributed by atoms with Gasteiger partial charge in [-0.15, -0.1) is 0 Å². The van der Waals surface area contributed by atoms with E-state index in [0.29, 0.717) is 0 Å². The van der Waals surface area contributed by atoms with Gasteiger partial charge in [-0.2, -0.15) is 0 Å². The molecule has 0 fully saturated rings. The molecule has 2 aromatic rings. The van der Waals surface area contributed by atoms with Crippen molar-refractivity contribution < 1.29 is 4.42 Å². The molecule has 0 spiro atoms. The molecule has 0 aromatic carbocycles. The lowest BCUT2D eigenvalue weighted by Gasteiger charge is -1.98. The van der Waals surface area contributed by atoms with Crippen LogP contribution in [0.4, 0.5) is 0 Å². The zero-order chi connectivity index (χ0) is 17.9. The Labute approximate surface area is 144 Å². The Kier molecular flexibility index (Phi) is 5.30. The van der Waals surface area contributed by atoms with Crippen molar-refractivity contribution in [2.75, 3.05) is 0 Å². The Hall–Kier alpha value is -2.74. The number of rotatable bonds is 5. The maximum Gasteiger partial charge on any atom is 0.134 e. The summed E-state index contributed by atoms with van der Waals surface area (Å²) >= 11 is 0. The highest BCUT2D eigenvalue weighted by molar-refractivity contribution is 5.70. The van der Waals surface area contributed by atoms with Crippen molar-refractivity contribution in [2.45, 2.75) is 20.8 Å². The molecular weight excluding hydrogens is 294 g/mol. The van der Waals surface area contributed by atoms with Gasteiger partial charge in [-0.1, -0.05) is 56.2 Å². The highest BCUT2D eigenvalue weighted by atomic mass is 16.3. The van der Waals surface area contributed by atoms with Crippen molar-refractivity contribution in [2.24, 2.45) is 7.05 Å². The van der Waals surface area contributed by atoms with Crippen molar-refractivity contribution in [1.82, 2.24) is 4.57 Å². The second-order valence-corrected chi connectivity index (χ2v) is 5.81. The Bertz CT molecular complexity index is 945. The first-order chi connectivity index (χ1) is 11.4. The van der Waals surface area contributed by atoms with Crippen LogP contribution in [0.15, 0.2) is 41.9 Å². The third-order valence-electron chi connectivity index (χ3n) is 4.41. The second-order valence-electron chi connectivity index (χ2n) is 5.81. The quantitative estimate of drug-likeness (QED) is 0.756. The van der Waals surface area contributed by atoms with E-state index < -0.39 is 0 Å². The van der Waals surface area contributed by atoms with Crippen LogP contribution in [-0.4, -0.2) is 4.57 Å². The average molecular weight is 319 g/mol. The first-order valence-electron chi connectivity index (χ1n) is 7.96. The van der Waals surface area contributed by atoms with Gasteiger partial charge in [0.25, 0.3) is 0 Å². The number of nitrogens with zero attached hydrogens (tertiary/aromatic N) is 1. The third-order valence-corrected chi connectivity index (χ3v) is 4.41. The Morgan fingerprint density at radius 2 is 1.42 bits per heavy atom.